The van der Waals surface area contributed by atoms with Gasteiger partial charge in [0.2, 0.25) is 15.9 Å². The quantitative estimate of drug-likeness (QED) is 0.570. The van der Waals surface area contributed by atoms with Gasteiger partial charge in [-0.3, -0.25) is 14.5 Å². The normalized spacial score (nSPS) is 22.7. The minimum atomic E-state index is -3.54. The maximum Gasteiger partial charge on any atom is 0.251 e. The van der Waals surface area contributed by atoms with Crippen molar-refractivity contribution in [3.05, 3.63) is 54.3 Å². The van der Waals surface area contributed by atoms with Gasteiger partial charge in [0, 0.05) is 45.0 Å². The van der Waals surface area contributed by atoms with Crippen LogP contribution in [0.2, 0.25) is 0 Å². The molecule has 2 aromatic rings. The number of hydrogen-bond acceptors (Lipinski definition) is 7. The molecule has 1 unspecified atom stereocenters. The summed E-state index contributed by atoms with van der Waals surface area (Å²) in [6.07, 6.45) is 0.101. The molecule has 5 rings (SSSR count). The SMILES string of the molecule is O=C1CC(N2CCN(c3ccc(S(=O)(=O)N4CCOCC4)cc3)CC2)C(=O)N1c1ccc(F)cc1. The molecule has 2 aromatic carbocycles. The van der Waals surface area contributed by atoms with Crippen molar-refractivity contribution >= 4 is 33.2 Å². The Morgan fingerprint density at radius 3 is 2.03 bits per heavy atom. The van der Waals surface area contributed by atoms with E-state index < -0.39 is 21.9 Å². The summed E-state index contributed by atoms with van der Waals surface area (Å²) in [5.74, 6) is -0.994. The Bertz CT molecular complexity index is 1190. The number of amides is 2. The Balaban J connectivity index is 1.21. The second-order valence-electron chi connectivity index (χ2n) is 8.80. The van der Waals surface area contributed by atoms with E-state index in [9.17, 15) is 22.4 Å². The monoisotopic (exact) mass is 502 g/mol. The van der Waals surface area contributed by atoms with Crippen molar-refractivity contribution in [3.8, 4) is 0 Å². The van der Waals surface area contributed by atoms with Gasteiger partial charge in [0.05, 0.1) is 36.3 Å². The van der Waals surface area contributed by atoms with Crippen molar-refractivity contribution in [3.63, 3.8) is 0 Å². The minimum absolute atomic E-state index is 0.101. The highest BCUT2D eigenvalue weighted by atomic mass is 32.2. The molecule has 1 atom stereocenters. The number of anilines is 2. The highest BCUT2D eigenvalue weighted by Crippen LogP contribution is 2.28. The second-order valence-corrected chi connectivity index (χ2v) is 10.7. The van der Waals surface area contributed by atoms with Gasteiger partial charge in [-0.2, -0.15) is 4.31 Å². The van der Waals surface area contributed by atoms with Gasteiger partial charge in [-0.15, -0.1) is 0 Å². The zero-order valence-corrected chi connectivity index (χ0v) is 20.0. The van der Waals surface area contributed by atoms with Crippen LogP contribution in [0.25, 0.3) is 0 Å². The van der Waals surface area contributed by atoms with Crippen molar-refractivity contribution in [1.29, 1.82) is 0 Å². The smallest absolute Gasteiger partial charge is 0.251 e. The van der Waals surface area contributed by atoms with E-state index >= 15 is 0 Å². The number of halogens is 1. The van der Waals surface area contributed by atoms with Crippen LogP contribution in [0.3, 0.4) is 0 Å². The van der Waals surface area contributed by atoms with Crippen LogP contribution in [0, 0.1) is 5.82 Å². The molecule has 0 N–H and O–H groups in total. The Morgan fingerprint density at radius 2 is 1.40 bits per heavy atom. The largest absolute Gasteiger partial charge is 0.379 e. The molecule has 0 spiro atoms. The molecule has 0 radical (unpaired) electrons. The topological polar surface area (TPSA) is 90.5 Å². The van der Waals surface area contributed by atoms with Gasteiger partial charge in [-0.1, -0.05) is 0 Å². The van der Waals surface area contributed by atoms with E-state index in [0.29, 0.717) is 58.2 Å². The average Bonchev–Trinajstić information content (AvgIpc) is 3.19. The maximum absolute atomic E-state index is 13.2. The molecule has 0 aliphatic carbocycles. The Kier molecular flexibility index (Phi) is 6.58. The van der Waals surface area contributed by atoms with Gasteiger partial charge >= 0.3 is 0 Å². The molecule has 0 saturated carbocycles. The molecule has 3 heterocycles. The van der Waals surface area contributed by atoms with Crippen LogP contribution in [0.15, 0.2) is 53.4 Å². The fraction of sp³-hybridized carbons (Fsp3) is 0.417. The molecule has 9 nitrogen and oxygen atoms in total. The average molecular weight is 503 g/mol. The van der Waals surface area contributed by atoms with E-state index in [1.54, 1.807) is 12.1 Å². The van der Waals surface area contributed by atoms with Crippen molar-refractivity contribution in [1.82, 2.24) is 9.21 Å². The van der Waals surface area contributed by atoms with Crippen molar-refractivity contribution in [2.24, 2.45) is 0 Å². The van der Waals surface area contributed by atoms with Gasteiger partial charge in [-0.25, -0.2) is 17.7 Å². The fourth-order valence-electron chi connectivity index (χ4n) is 4.82. The number of hydrogen-bond donors (Lipinski definition) is 0. The molecule has 186 valence electrons. The highest BCUT2D eigenvalue weighted by molar-refractivity contribution is 7.89. The zero-order chi connectivity index (χ0) is 24.6. The molecule has 3 aliphatic rings. The summed E-state index contributed by atoms with van der Waals surface area (Å²) in [6.45, 7) is 3.98. The number of morpholine rings is 1. The Hall–Kier alpha value is -2.86. The molecular formula is C24H27FN4O5S. The molecular weight excluding hydrogens is 475 g/mol. The number of imide groups is 1. The number of nitrogens with zero attached hydrogens (tertiary/aromatic N) is 4. The Morgan fingerprint density at radius 1 is 0.800 bits per heavy atom. The summed E-state index contributed by atoms with van der Waals surface area (Å²) in [7, 11) is -3.54. The van der Waals surface area contributed by atoms with Gasteiger partial charge in [0.1, 0.15) is 5.82 Å². The molecule has 3 saturated heterocycles. The minimum Gasteiger partial charge on any atom is -0.379 e. The van der Waals surface area contributed by atoms with Crippen LogP contribution < -0.4 is 9.80 Å². The van der Waals surface area contributed by atoms with Gasteiger partial charge < -0.3 is 9.64 Å². The lowest BCUT2D eigenvalue weighted by Gasteiger charge is -2.38. The summed E-state index contributed by atoms with van der Waals surface area (Å²) in [5.41, 5.74) is 1.29. The third-order valence-electron chi connectivity index (χ3n) is 6.77. The van der Waals surface area contributed by atoms with Crippen LogP contribution in [-0.4, -0.2) is 88.0 Å². The first-order chi connectivity index (χ1) is 16.8. The number of ether oxygens (including phenoxy) is 1. The lowest BCUT2D eigenvalue weighted by Crippen LogP contribution is -2.52. The van der Waals surface area contributed by atoms with Crippen LogP contribution in [-0.2, 0) is 24.3 Å². The zero-order valence-electron chi connectivity index (χ0n) is 19.2. The van der Waals surface area contributed by atoms with Gasteiger partial charge in [0.25, 0.3) is 5.91 Å². The first-order valence-electron chi connectivity index (χ1n) is 11.6. The standard InChI is InChI=1S/C24H27FN4O5S/c25-18-1-3-20(4-2-18)29-23(30)17-22(24(29)31)27-11-9-26(10-12-27)19-5-7-21(8-6-19)35(32,33)28-13-15-34-16-14-28/h1-8,22H,9-17H2. The van der Waals surface area contributed by atoms with Crippen LogP contribution in [0.4, 0.5) is 15.8 Å². The maximum atomic E-state index is 13.2. The number of sulfonamides is 1. The first kappa shape index (κ1) is 23.9. The predicted octanol–water partition coefficient (Wildman–Crippen LogP) is 1.30. The van der Waals surface area contributed by atoms with Crippen LogP contribution in [0.5, 0.6) is 0 Å². The van der Waals surface area contributed by atoms with E-state index in [4.69, 9.17) is 4.74 Å². The lowest BCUT2D eigenvalue weighted by atomic mass is 10.1. The van der Waals surface area contributed by atoms with E-state index in [0.717, 1.165) is 10.6 Å². The van der Waals surface area contributed by atoms with Crippen LogP contribution in [0.1, 0.15) is 6.42 Å². The van der Waals surface area contributed by atoms with E-state index in [2.05, 4.69) is 4.90 Å². The van der Waals surface area contributed by atoms with Crippen molar-refractivity contribution in [2.75, 3.05) is 62.3 Å². The summed E-state index contributed by atoms with van der Waals surface area (Å²) in [6, 6.07) is 11.7. The van der Waals surface area contributed by atoms with Crippen LogP contribution >= 0.6 is 0 Å². The first-order valence-corrected chi connectivity index (χ1v) is 13.1. The number of carbonyl (C=O) groups excluding carboxylic acids is 2. The van der Waals surface area contributed by atoms with Crippen molar-refractivity contribution < 1.29 is 27.1 Å². The molecule has 2 amide bonds. The van der Waals surface area contributed by atoms with E-state index in [1.165, 1.54) is 28.6 Å². The third-order valence-corrected chi connectivity index (χ3v) is 8.69. The van der Waals surface area contributed by atoms with E-state index in [1.807, 2.05) is 17.0 Å². The predicted molar refractivity (Wildman–Crippen MR) is 127 cm³/mol. The molecule has 35 heavy (non-hydrogen) atoms. The summed E-state index contributed by atoms with van der Waals surface area (Å²) in [5, 5.41) is 0. The molecule has 0 aromatic heterocycles. The highest BCUT2D eigenvalue weighted by Gasteiger charge is 2.43. The molecule has 11 heteroatoms. The summed E-state index contributed by atoms with van der Waals surface area (Å²) >= 11 is 0. The summed E-state index contributed by atoms with van der Waals surface area (Å²) in [4.78, 5) is 31.1. The number of benzene rings is 2. The summed E-state index contributed by atoms with van der Waals surface area (Å²) < 4.78 is 45.6. The second kappa shape index (κ2) is 9.65. The molecule has 3 fully saturated rings. The number of piperazine rings is 1. The van der Waals surface area contributed by atoms with E-state index in [-0.39, 0.29) is 23.1 Å². The fourth-order valence-corrected chi connectivity index (χ4v) is 6.23. The lowest BCUT2D eigenvalue weighted by molar-refractivity contribution is -0.123. The number of rotatable bonds is 5. The number of carbonyl (C=O) groups is 2. The van der Waals surface area contributed by atoms with Crippen molar-refractivity contribution in [2.45, 2.75) is 17.4 Å². The Labute approximate surface area is 203 Å². The third kappa shape index (κ3) is 4.68. The van der Waals surface area contributed by atoms with Gasteiger partial charge in [-0.05, 0) is 48.5 Å². The molecule has 0 bridgehead atoms. The van der Waals surface area contributed by atoms with Gasteiger partial charge in [0.15, 0.2) is 0 Å². The molecule has 3 aliphatic heterocycles.